The van der Waals surface area contributed by atoms with E-state index in [0.29, 0.717) is 6.54 Å². The number of amides is 1. The van der Waals surface area contributed by atoms with Crippen molar-refractivity contribution in [3.05, 3.63) is 82.6 Å². The average molecular weight is 490 g/mol. The van der Waals surface area contributed by atoms with Crippen molar-refractivity contribution >= 4 is 28.8 Å². The van der Waals surface area contributed by atoms with Crippen LogP contribution in [0.2, 0.25) is 5.02 Å². The smallest absolute Gasteiger partial charge is 0.236 e. The maximum absolute atomic E-state index is 12.9. The summed E-state index contributed by atoms with van der Waals surface area (Å²) in [6.07, 6.45) is 7.23. The van der Waals surface area contributed by atoms with Gasteiger partial charge >= 0.3 is 0 Å². The van der Waals surface area contributed by atoms with E-state index in [9.17, 15) is 4.79 Å². The summed E-state index contributed by atoms with van der Waals surface area (Å²) in [7, 11) is 0. The lowest BCUT2D eigenvalue weighted by Crippen LogP contribution is -2.51. The molecule has 1 amide bonds. The summed E-state index contributed by atoms with van der Waals surface area (Å²) >= 11 is 6.00. The van der Waals surface area contributed by atoms with Crippen LogP contribution in [0.15, 0.2) is 60.9 Å². The van der Waals surface area contributed by atoms with Crippen molar-refractivity contribution in [2.45, 2.75) is 20.3 Å². The van der Waals surface area contributed by atoms with Crippen LogP contribution in [0.4, 0.5) is 5.69 Å². The summed E-state index contributed by atoms with van der Waals surface area (Å²) < 4.78 is 1.95. The number of nitrogens with zero attached hydrogens (tertiary/aromatic N) is 5. The van der Waals surface area contributed by atoms with Gasteiger partial charge in [0.1, 0.15) is 0 Å². The zero-order valence-electron chi connectivity index (χ0n) is 20.5. The van der Waals surface area contributed by atoms with Crippen molar-refractivity contribution in [1.82, 2.24) is 19.6 Å². The van der Waals surface area contributed by atoms with Gasteiger partial charge in [0.25, 0.3) is 0 Å². The molecule has 5 rings (SSSR count). The highest BCUT2D eigenvalue weighted by molar-refractivity contribution is 6.30. The highest BCUT2D eigenvalue weighted by Crippen LogP contribution is 2.24. The molecule has 0 spiro atoms. The fourth-order valence-corrected chi connectivity index (χ4v) is 4.90. The number of hydrogen-bond donors (Lipinski definition) is 0. The molecule has 7 heteroatoms. The first-order chi connectivity index (χ1) is 17.0. The zero-order valence-corrected chi connectivity index (χ0v) is 21.2. The molecule has 0 N–H and O–H groups in total. The van der Waals surface area contributed by atoms with Crippen LogP contribution in [0, 0.1) is 13.8 Å². The standard InChI is InChI=1S/C28H32ClN5O/c1-21-3-6-27(17-22(21)2)34-19-24(18-30-34)23-9-11-31(12-10-23)20-28(35)33-15-13-32(14-16-33)26-7-4-25(29)5-8-26/h3-9,17-19H,10-16,20H2,1-2H3. The van der Waals surface area contributed by atoms with Gasteiger partial charge in [-0.05, 0) is 73.4 Å². The summed E-state index contributed by atoms with van der Waals surface area (Å²) in [4.78, 5) is 19.5. The van der Waals surface area contributed by atoms with Crippen LogP contribution in [0.5, 0.6) is 0 Å². The molecule has 0 bridgehead atoms. The number of carbonyl (C=O) groups excluding carboxylic acids is 1. The van der Waals surface area contributed by atoms with E-state index in [4.69, 9.17) is 11.6 Å². The van der Waals surface area contributed by atoms with Gasteiger partial charge in [-0.1, -0.05) is 23.7 Å². The molecule has 35 heavy (non-hydrogen) atoms. The van der Waals surface area contributed by atoms with Gasteiger partial charge in [0, 0.05) is 61.7 Å². The molecule has 3 aromatic rings. The summed E-state index contributed by atoms with van der Waals surface area (Å²) in [6, 6.07) is 14.3. The second kappa shape index (κ2) is 10.3. The molecular weight excluding hydrogens is 458 g/mol. The minimum absolute atomic E-state index is 0.222. The number of anilines is 1. The van der Waals surface area contributed by atoms with Crippen molar-refractivity contribution in [1.29, 1.82) is 0 Å². The van der Waals surface area contributed by atoms with Gasteiger partial charge in [0.15, 0.2) is 0 Å². The molecule has 3 heterocycles. The molecular formula is C28H32ClN5O. The Morgan fingerprint density at radius 1 is 0.943 bits per heavy atom. The molecule has 2 aliphatic heterocycles. The van der Waals surface area contributed by atoms with Crippen molar-refractivity contribution in [3.63, 3.8) is 0 Å². The normalized spacial score (nSPS) is 16.9. The first-order valence-electron chi connectivity index (χ1n) is 12.3. The monoisotopic (exact) mass is 489 g/mol. The summed E-state index contributed by atoms with van der Waals surface area (Å²) in [5.41, 5.74) is 7.26. The largest absolute Gasteiger partial charge is 0.368 e. The minimum atomic E-state index is 0.222. The molecule has 0 unspecified atom stereocenters. The van der Waals surface area contributed by atoms with E-state index in [1.807, 2.05) is 40.0 Å². The molecule has 1 aromatic heterocycles. The molecule has 0 radical (unpaired) electrons. The van der Waals surface area contributed by atoms with Crippen LogP contribution in [0.25, 0.3) is 11.3 Å². The number of hydrogen-bond acceptors (Lipinski definition) is 4. The number of piperazine rings is 1. The van der Waals surface area contributed by atoms with Crippen molar-refractivity contribution in [2.75, 3.05) is 50.7 Å². The number of aryl methyl sites for hydroxylation is 2. The second-order valence-corrected chi connectivity index (χ2v) is 9.94. The number of carbonyl (C=O) groups is 1. The third kappa shape index (κ3) is 5.44. The van der Waals surface area contributed by atoms with E-state index in [0.717, 1.165) is 67.7 Å². The van der Waals surface area contributed by atoms with Crippen LogP contribution < -0.4 is 4.90 Å². The highest BCUT2D eigenvalue weighted by atomic mass is 35.5. The van der Waals surface area contributed by atoms with Gasteiger partial charge in [-0.25, -0.2) is 4.68 Å². The van der Waals surface area contributed by atoms with Gasteiger partial charge < -0.3 is 9.80 Å². The molecule has 2 aliphatic rings. The van der Waals surface area contributed by atoms with Gasteiger partial charge in [0.2, 0.25) is 5.91 Å². The Kier molecular flexibility index (Phi) is 6.93. The van der Waals surface area contributed by atoms with Gasteiger partial charge in [-0.2, -0.15) is 5.10 Å². The van der Waals surface area contributed by atoms with Crippen molar-refractivity contribution < 1.29 is 4.79 Å². The highest BCUT2D eigenvalue weighted by Gasteiger charge is 2.24. The molecule has 2 aromatic carbocycles. The van der Waals surface area contributed by atoms with E-state index in [1.165, 1.54) is 16.7 Å². The van der Waals surface area contributed by atoms with E-state index in [-0.39, 0.29) is 5.91 Å². The van der Waals surface area contributed by atoms with E-state index < -0.39 is 0 Å². The Morgan fingerprint density at radius 3 is 2.37 bits per heavy atom. The van der Waals surface area contributed by atoms with Crippen LogP contribution in [-0.2, 0) is 4.79 Å². The molecule has 182 valence electrons. The van der Waals surface area contributed by atoms with Crippen molar-refractivity contribution in [2.24, 2.45) is 0 Å². The fourth-order valence-electron chi connectivity index (χ4n) is 4.77. The van der Waals surface area contributed by atoms with Crippen LogP contribution in [0.3, 0.4) is 0 Å². The molecule has 0 atom stereocenters. The third-order valence-electron chi connectivity index (χ3n) is 7.18. The van der Waals surface area contributed by atoms with Gasteiger partial charge in [-0.3, -0.25) is 9.69 Å². The van der Waals surface area contributed by atoms with E-state index in [2.05, 4.69) is 59.2 Å². The van der Waals surface area contributed by atoms with Gasteiger partial charge in [0.05, 0.1) is 18.4 Å². The predicted molar refractivity (Wildman–Crippen MR) is 142 cm³/mol. The predicted octanol–water partition coefficient (Wildman–Crippen LogP) is 4.58. The number of halogens is 1. The Labute approximate surface area is 212 Å². The molecule has 1 fully saturated rings. The number of rotatable bonds is 5. The molecule has 1 saturated heterocycles. The fraction of sp³-hybridized carbons (Fsp3) is 0.357. The Morgan fingerprint density at radius 2 is 1.69 bits per heavy atom. The molecule has 0 aliphatic carbocycles. The average Bonchev–Trinajstić information content (AvgIpc) is 3.37. The lowest BCUT2D eigenvalue weighted by Gasteiger charge is -2.37. The topological polar surface area (TPSA) is 44.6 Å². The lowest BCUT2D eigenvalue weighted by molar-refractivity contribution is -0.132. The van der Waals surface area contributed by atoms with Crippen molar-refractivity contribution in [3.8, 4) is 5.69 Å². The SMILES string of the molecule is Cc1ccc(-n2cc(C3=CCN(CC(=O)N4CCN(c5ccc(Cl)cc5)CC4)CC3)cn2)cc1C. The van der Waals surface area contributed by atoms with Crippen LogP contribution in [-0.4, -0.2) is 71.3 Å². The van der Waals surface area contributed by atoms with E-state index in [1.54, 1.807) is 0 Å². The lowest BCUT2D eigenvalue weighted by atomic mass is 10.0. The van der Waals surface area contributed by atoms with Gasteiger partial charge in [-0.15, -0.1) is 0 Å². The summed E-state index contributed by atoms with van der Waals surface area (Å²) in [5, 5.41) is 5.33. The maximum atomic E-state index is 12.9. The Balaban J connectivity index is 1.13. The van der Waals surface area contributed by atoms with E-state index >= 15 is 0 Å². The first-order valence-corrected chi connectivity index (χ1v) is 12.7. The summed E-state index contributed by atoms with van der Waals surface area (Å²) in [5.74, 6) is 0.222. The summed E-state index contributed by atoms with van der Waals surface area (Å²) in [6.45, 7) is 9.62. The Hall–Kier alpha value is -3.09. The Bertz CT molecular complexity index is 1220. The van der Waals surface area contributed by atoms with Crippen LogP contribution in [0.1, 0.15) is 23.1 Å². The first kappa shape index (κ1) is 23.6. The quantitative estimate of drug-likeness (QED) is 0.526. The maximum Gasteiger partial charge on any atom is 0.236 e. The third-order valence-corrected chi connectivity index (χ3v) is 7.44. The number of benzene rings is 2. The number of aromatic nitrogens is 2. The zero-order chi connectivity index (χ0) is 24.4. The minimum Gasteiger partial charge on any atom is -0.368 e. The van der Waals surface area contributed by atoms with Crippen LogP contribution >= 0.6 is 11.6 Å². The molecule has 6 nitrogen and oxygen atoms in total. The second-order valence-electron chi connectivity index (χ2n) is 9.50. The molecule has 0 saturated carbocycles.